The monoisotopic (exact) mass is 267 g/mol. The van der Waals surface area contributed by atoms with Crippen LogP contribution >= 0.6 is 11.6 Å². The molecule has 0 heterocycles. The quantitative estimate of drug-likeness (QED) is 0.896. The smallest absolute Gasteiger partial charge is 0.138 e. The van der Waals surface area contributed by atoms with Crippen molar-refractivity contribution in [2.75, 3.05) is 13.6 Å². The highest BCUT2D eigenvalue weighted by Crippen LogP contribution is 2.32. The molecule has 1 aromatic carbocycles. The maximum atomic E-state index is 6.20. The van der Waals surface area contributed by atoms with Crippen molar-refractivity contribution >= 4 is 11.6 Å². The van der Waals surface area contributed by atoms with Gasteiger partial charge in [-0.05, 0) is 50.9 Å². The molecule has 0 amide bonds. The zero-order chi connectivity index (χ0) is 13.0. The second-order valence-electron chi connectivity index (χ2n) is 5.19. The third kappa shape index (κ3) is 3.39. The molecule has 1 saturated carbocycles. The van der Waals surface area contributed by atoms with Gasteiger partial charge in [-0.2, -0.15) is 0 Å². The summed E-state index contributed by atoms with van der Waals surface area (Å²) in [5, 5.41) is 3.98. The lowest BCUT2D eigenvalue weighted by atomic mass is 9.86. The van der Waals surface area contributed by atoms with E-state index in [1.807, 2.05) is 25.2 Å². The van der Waals surface area contributed by atoms with Crippen LogP contribution in [-0.4, -0.2) is 19.7 Å². The van der Waals surface area contributed by atoms with Crippen LogP contribution in [0.15, 0.2) is 18.2 Å². The molecule has 1 aliphatic rings. The Bertz CT molecular complexity index is 392. The molecule has 0 radical (unpaired) electrons. The zero-order valence-electron chi connectivity index (χ0n) is 11.2. The van der Waals surface area contributed by atoms with Gasteiger partial charge in [-0.25, -0.2) is 0 Å². The summed E-state index contributed by atoms with van der Waals surface area (Å²) in [5.41, 5.74) is 1.19. The lowest BCUT2D eigenvalue weighted by molar-refractivity contribution is 0.0931. The first-order chi connectivity index (χ1) is 8.70. The van der Waals surface area contributed by atoms with Crippen LogP contribution in [0.2, 0.25) is 5.02 Å². The summed E-state index contributed by atoms with van der Waals surface area (Å²) in [6, 6.07) is 5.97. The van der Waals surface area contributed by atoms with E-state index in [9.17, 15) is 0 Å². The molecule has 2 nitrogen and oxygen atoms in total. The maximum absolute atomic E-state index is 6.20. The van der Waals surface area contributed by atoms with Gasteiger partial charge in [-0.15, -0.1) is 0 Å². The van der Waals surface area contributed by atoms with Gasteiger partial charge in [-0.3, -0.25) is 0 Å². The fourth-order valence-corrected chi connectivity index (χ4v) is 2.85. The molecule has 1 N–H and O–H groups in total. The second kappa shape index (κ2) is 6.44. The minimum atomic E-state index is 0.297. The largest absolute Gasteiger partial charge is 0.489 e. The van der Waals surface area contributed by atoms with E-state index >= 15 is 0 Å². The van der Waals surface area contributed by atoms with Gasteiger partial charge in [0.15, 0.2) is 0 Å². The number of hydrogen-bond acceptors (Lipinski definition) is 2. The zero-order valence-corrected chi connectivity index (χ0v) is 12.0. The summed E-state index contributed by atoms with van der Waals surface area (Å²) in [7, 11) is 2.01. The van der Waals surface area contributed by atoms with Crippen LogP contribution in [0.1, 0.15) is 31.2 Å². The summed E-state index contributed by atoms with van der Waals surface area (Å²) < 4.78 is 6.16. The lowest BCUT2D eigenvalue weighted by Crippen LogP contribution is -2.36. The van der Waals surface area contributed by atoms with Gasteiger partial charge in [0.1, 0.15) is 11.9 Å². The fraction of sp³-hybridized carbons (Fsp3) is 0.600. The molecule has 18 heavy (non-hydrogen) atoms. The van der Waals surface area contributed by atoms with E-state index in [1.54, 1.807) is 0 Å². The van der Waals surface area contributed by atoms with E-state index in [0.717, 1.165) is 23.7 Å². The fourth-order valence-electron chi connectivity index (χ4n) is 2.69. The Morgan fingerprint density at radius 2 is 2.11 bits per heavy atom. The highest BCUT2D eigenvalue weighted by molar-refractivity contribution is 6.32. The highest BCUT2D eigenvalue weighted by atomic mass is 35.5. The van der Waals surface area contributed by atoms with Crippen molar-refractivity contribution < 1.29 is 4.74 Å². The first kappa shape index (κ1) is 13.7. The predicted molar refractivity (Wildman–Crippen MR) is 76.5 cm³/mol. The SMILES string of the molecule is CNCC1CCCCC1Oc1cc(C)ccc1Cl. The Labute approximate surface area is 115 Å². The molecule has 2 unspecified atom stereocenters. The summed E-state index contributed by atoms with van der Waals surface area (Å²) in [4.78, 5) is 0. The standard InChI is InChI=1S/C15H22ClNO/c1-11-7-8-13(16)15(9-11)18-14-6-4-3-5-12(14)10-17-2/h7-9,12,14,17H,3-6,10H2,1-2H3. The van der Waals surface area contributed by atoms with Crippen molar-refractivity contribution in [1.82, 2.24) is 5.32 Å². The minimum Gasteiger partial charge on any atom is -0.489 e. The van der Waals surface area contributed by atoms with E-state index in [0.29, 0.717) is 12.0 Å². The summed E-state index contributed by atoms with van der Waals surface area (Å²) in [5.74, 6) is 1.44. The Morgan fingerprint density at radius 3 is 2.89 bits per heavy atom. The van der Waals surface area contributed by atoms with Crippen LogP contribution in [0.4, 0.5) is 0 Å². The normalized spacial score (nSPS) is 23.9. The van der Waals surface area contributed by atoms with Crippen molar-refractivity contribution in [3.05, 3.63) is 28.8 Å². The number of nitrogens with one attached hydrogen (secondary N) is 1. The van der Waals surface area contributed by atoms with E-state index in [-0.39, 0.29) is 0 Å². The number of benzene rings is 1. The molecule has 1 aliphatic carbocycles. The van der Waals surface area contributed by atoms with Crippen LogP contribution in [-0.2, 0) is 0 Å². The molecule has 2 atom stereocenters. The van der Waals surface area contributed by atoms with Gasteiger partial charge < -0.3 is 10.1 Å². The summed E-state index contributed by atoms with van der Waals surface area (Å²) >= 11 is 6.20. The summed E-state index contributed by atoms with van der Waals surface area (Å²) in [6.45, 7) is 3.09. The molecule has 0 spiro atoms. The predicted octanol–water partition coefficient (Wildman–Crippen LogP) is 3.81. The van der Waals surface area contributed by atoms with E-state index in [4.69, 9.17) is 16.3 Å². The molecule has 1 aromatic rings. The van der Waals surface area contributed by atoms with Crippen molar-refractivity contribution in [2.45, 2.75) is 38.7 Å². The molecular weight excluding hydrogens is 246 g/mol. The minimum absolute atomic E-state index is 0.297. The Hall–Kier alpha value is -0.730. The maximum Gasteiger partial charge on any atom is 0.138 e. The molecule has 0 bridgehead atoms. The number of hydrogen-bond donors (Lipinski definition) is 1. The van der Waals surface area contributed by atoms with Gasteiger partial charge in [-0.1, -0.05) is 24.1 Å². The van der Waals surface area contributed by atoms with E-state index in [2.05, 4.69) is 12.2 Å². The third-order valence-corrected chi connectivity index (χ3v) is 3.98. The van der Waals surface area contributed by atoms with Gasteiger partial charge >= 0.3 is 0 Å². The van der Waals surface area contributed by atoms with Crippen molar-refractivity contribution in [3.63, 3.8) is 0 Å². The van der Waals surface area contributed by atoms with Crippen molar-refractivity contribution in [2.24, 2.45) is 5.92 Å². The topological polar surface area (TPSA) is 21.3 Å². The van der Waals surface area contributed by atoms with Crippen LogP contribution < -0.4 is 10.1 Å². The Morgan fingerprint density at radius 1 is 1.33 bits per heavy atom. The molecule has 0 aromatic heterocycles. The molecule has 100 valence electrons. The number of ether oxygens (including phenoxy) is 1. The highest BCUT2D eigenvalue weighted by Gasteiger charge is 2.26. The van der Waals surface area contributed by atoms with Crippen LogP contribution in [0.3, 0.4) is 0 Å². The molecular formula is C15H22ClNO. The number of halogens is 1. The van der Waals surface area contributed by atoms with Crippen molar-refractivity contribution in [3.8, 4) is 5.75 Å². The van der Waals surface area contributed by atoms with Gasteiger partial charge in [0, 0.05) is 12.5 Å². The lowest BCUT2D eigenvalue weighted by Gasteiger charge is -2.32. The van der Waals surface area contributed by atoms with Crippen molar-refractivity contribution in [1.29, 1.82) is 0 Å². The average molecular weight is 268 g/mol. The summed E-state index contributed by atoms with van der Waals surface area (Å²) in [6.07, 6.45) is 5.25. The van der Waals surface area contributed by atoms with E-state index in [1.165, 1.54) is 24.8 Å². The molecule has 2 rings (SSSR count). The molecule has 0 aliphatic heterocycles. The second-order valence-corrected chi connectivity index (χ2v) is 5.60. The molecule has 1 fully saturated rings. The van der Waals surface area contributed by atoms with Gasteiger partial charge in [0.05, 0.1) is 5.02 Å². The average Bonchev–Trinajstić information content (AvgIpc) is 2.36. The van der Waals surface area contributed by atoms with Gasteiger partial charge in [0.25, 0.3) is 0 Å². The molecule has 3 heteroatoms. The van der Waals surface area contributed by atoms with Crippen LogP contribution in [0.5, 0.6) is 5.75 Å². The van der Waals surface area contributed by atoms with Crippen LogP contribution in [0.25, 0.3) is 0 Å². The number of rotatable bonds is 4. The first-order valence-corrected chi connectivity index (χ1v) is 7.16. The molecule has 0 saturated heterocycles. The van der Waals surface area contributed by atoms with E-state index < -0.39 is 0 Å². The Balaban J connectivity index is 2.08. The van der Waals surface area contributed by atoms with Crippen LogP contribution in [0, 0.1) is 12.8 Å². The Kier molecular flexibility index (Phi) is 4.90. The third-order valence-electron chi connectivity index (χ3n) is 3.67. The van der Waals surface area contributed by atoms with Gasteiger partial charge in [0.2, 0.25) is 0 Å². The number of aryl methyl sites for hydroxylation is 1. The first-order valence-electron chi connectivity index (χ1n) is 6.78.